The maximum absolute atomic E-state index is 5.84. The first-order valence-corrected chi connectivity index (χ1v) is 6.99. The van der Waals surface area contributed by atoms with Gasteiger partial charge in [0, 0.05) is 6.54 Å². The third kappa shape index (κ3) is 4.31. The van der Waals surface area contributed by atoms with Crippen molar-refractivity contribution in [3.8, 4) is 5.75 Å². The molecule has 0 saturated carbocycles. The van der Waals surface area contributed by atoms with Crippen molar-refractivity contribution < 1.29 is 4.74 Å². The van der Waals surface area contributed by atoms with Crippen LogP contribution in [0.3, 0.4) is 0 Å². The van der Waals surface area contributed by atoms with Gasteiger partial charge in [-0.2, -0.15) is 0 Å². The van der Waals surface area contributed by atoms with Gasteiger partial charge in [0.1, 0.15) is 16.7 Å². The van der Waals surface area contributed by atoms with E-state index >= 15 is 0 Å². The number of nitrogens with one attached hydrogen (secondary N) is 1. The van der Waals surface area contributed by atoms with Crippen LogP contribution in [0, 0.1) is 0 Å². The van der Waals surface area contributed by atoms with Crippen molar-refractivity contribution in [1.82, 2.24) is 14.9 Å². The molecular weight excluding hydrogens is 288 g/mol. The number of ether oxygens (including phenoxy) is 1. The average molecular weight is 307 g/mol. The molecule has 0 aliphatic rings. The smallest absolute Gasteiger partial charge is 0.149 e. The molecule has 5 nitrogen and oxygen atoms in total. The fourth-order valence-electron chi connectivity index (χ4n) is 2.08. The summed E-state index contributed by atoms with van der Waals surface area (Å²) in [6.45, 7) is 0.690. The molecule has 112 valence electrons. The number of methoxy groups -OCH3 is 1. The van der Waals surface area contributed by atoms with Crippen LogP contribution in [0.2, 0.25) is 5.15 Å². The van der Waals surface area contributed by atoms with E-state index in [0.29, 0.717) is 17.5 Å². The van der Waals surface area contributed by atoms with Gasteiger partial charge in [0.25, 0.3) is 0 Å². The fourth-order valence-corrected chi connectivity index (χ4v) is 2.22. The molecular formula is C15H19ClN4O. The molecule has 0 aliphatic heterocycles. The minimum Gasteiger partial charge on any atom is -0.497 e. The van der Waals surface area contributed by atoms with E-state index in [9.17, 15) is 0 Å². The summed E-state index contributed by atoms with van der Waals surface area (Å²) in [5.74, 6) is 1.51. The van der Waals surface area contributed by atoms with Gasteiger partial charge in [-0.05, 0) is 31.8 Å². The van der Waals surface area contributed by atoms with Crippen molar-refractivity contribution >= 4 is 17.4 Å². The van der Waals surface area contributed by atoms with Gasteiger partial charge in [-0.15, -0.1) is 0 Å². The molecule has 2 aromatic rings. The molecule has 0 bridgehead atoms. The third-order valence-corrected chi connectivity index (χ3v) is 3.37. The quantitative estimate of drug-likeness (QED) is 0.889. The Bertz CT molecular complexity index is 591. The largest absolute Gasteiger partial charge is 0.497 e. The summed E-state index contributed by atoms with van der Waals surface area (Å²) < 4.78 is 5.28. The number of likely N-dealkylation sites (N-methyl/N-ethyl adjacent to an activating group) is 1. The molecule has 1 aromatic carbocycles. The average Bonchev–Trinajstić information content (AvgIpc) is 2.47. The Morgan fingerprint density at radius 1 is 1.33 bits per heavy atom. The third-order valence-electron chi connectivity index (χ3n) is 3.18. The van der Waals surface area contributed by atoms with E-state index in [0.717, 1.165) is 5.75 Å². The Labute approximate surface area is 129 Å². The van der Waals surface area contributed by atoms with Gasteiger partial charge < -0.3 is 15.0 Å². The highest BCUT2D eigenvalue weighted by Gasteiger charge is 2.15. The number of nitrogens with zero attached hydrogens (tertiary/aromatic N) is 3. The topological polar surface area (TPSA) is 50.3 Å². The van der Waals surface area contributed by atoms with Crippen LogP contribution in [0.5, 0.6) is 5.75 Å². The maximum atomic E-state index is 5.84. The maximum Gasteiger partial charge on any atom is 0.149 e. The van der Waals surface area contributed by atoms with Crippen LogP contribution in [0.25, 0.3) is 0 Å². The molecule has 0 spiro atoms. The predicted molar refractivity (Wildman–Crippen MR) is 85.0 cm³/mol. The van der Waals surface area contributed by atoms with Gasteiger partial charge >= 0.3 is 0 Å². The molecule has 1 aromatic heterocycles. The van der Waals surface area contributed by atoms with Crippen LogP contribution in [0.15, 0.2) is 36.7 Å². The number of hydrogen-bond acceptors (Lipinski definition) is 5. The molecule has 2 rings (SSSR count). The summed E-state index contributed by atoms with van der Waals surface area (Å²) in [6.07, 6.45) is 3.17. The Balaban J connectivity index is 2.12. The van der Waals surface area contributed by atoms with Gasteiger partial charge in [-0.3, -0.25) is 4.98 Å². The number of hydrogen-bond donors (Lipinski definition) is 1. The molecule has 0 amide bonds. The summed E-state index contributed by atoms with van der Waals surface area (Å²) in [7, 11) is 5.74. The van der Waals surface area contributed by atoms with E-state index < -0.39 is 0 Å². The van der Waals surface area contributed by atoms with E-state index in [1.165, 1.54) is 11.8 Å². The minimum absolute atomic E-state index is 0.181. The molecule has 0 saturated heterocycles. The van der Waals surface area contributed by atoms with Crippen molar-refractivity contribution in [2.45, 2.75) is 6.04 Å². The summed E-state index contributed by atoms with van der Waals surface area (Å²) in [5.41, 5.74) is 1.17. The van der Waals surface area contributed by atoms with E-state index in [1.807, 2.05) is 32.3 Å². The van der Waals surface area contributed by atoms with Crippen molar-refractivity contribution in [3.63, 3.8) is 0 Å². The van der Waals surface area contributed by atoms with Crippen LogP contribution in [-0.4, -0.2) is 42.6 Å². The highest BCUT2D eigenvalue weighted by Crippen LogP contribution is 2.23. The Morgan fingerprint density at radius 3 is 2.81 bits per heavy atom. The zero-order valence-electron chi connectivity index (χ0n) is 12.4. The second kappa shape index (κ2) is 7.24. The normalized spacial score (nSPS) is 12.2. The molecule has 1 atom stereocenters. The molecule has 0 unspecified atom stereocenters. The van der Waals surface area contributed by atoms with Gasteiger partial charge in [-0.25, -0.2) is 4.98 Å². The lowest BCUT2D eigenvalue weighted by atomic mass is 10.1. The molecule has 0 fully saturated rings. The standard InChI is InChI=1S/C15H19ClN4O/c1-20(2)13(11-5-4-6-12(7-11)21-3)8-18-15-10-17-9-14(16)19-15/h4-7,9-10,13H,8H2,1-3H3,(H,18,19)/t13-/m0/s1. The van der Waals surface area contributed by atoms with E-state index in [1.54, 1.807) is 13.3 Å². The van der Waals surface area contributed by atoms with Crippen LogP contribution in [0.4, 0.5) is 5.82 Å². The van der Waals surface area contributed by atoms with E-state index in [4.69, 9.17) is 16.3 Å². The molecule has 21 heavy (non-hydrogen) atoms. The lowest BCUT2D eigenvalue weighted by molar-refractivity contribution is 0.310. The highest BCUT2D eigenvalue weighted by molar-refractivity contribution is 6.29. The fraction of sp³-hybridized carbons (Fsp3) is 0.333. The van der Waals surface area contributed by atoms with Gasteiger partial charge in [-0.1, -0.05) is 23.7 Å². The number of anilines is 1. The molecule has 1 heterocycles. The number of rotatable bonds is 6. The number of aromatic nitrogens is 2. The molecule has 0 aliphatic carbocycles. The van der Waals surface area contributed by atoms with Crippen molar-refractivity contribution in [1.29, 1.82) is 0 Å². The molecule has 6 heteroatoms. The predicted octanol–water partition coefficient (Wildman–Crippen LogP) is 2.85. The van der Waals surface area contributed by atoms with Crippen molar-refractivity contribution in [3.05, 3.63) is 47.4 Å². The monoisotopic (exact) mass is 306 g/mol. The van der Waals surface area contributed by atoms with E-state index in [2.05, 4.69) is 26.3 Å². The van der Waals surface area contributed by atoms with Crippen LogP contribution < -0.4 is 10.1 Å². The highest BCUT2D eigenvalue weighted by atomic mass is 35.5. The van der Waals surface area contributed by atoms with Crippen LogP contribution >= 0.6 is 11.6 Å². The van der Waals surface area contributed by atoms with Crippen LogP contribution in [-0.2, 0) is 0 Å². The number of benzene rings is 1. The second-order valence-electron chi connectivity index (χ2n) is 4.86. The lowest BCUT2D eigenvalue weighted by Gasteiger charge is -2.25. The SMILES string of the molecule is COc1cccc([C@H](CNc2cncc(Cl)n2)N(C)C)c1. The first-order valence-electron chi connectivity index (χ1n) is 6.62. The van der Waals surface area contributed by atoms with Crippen molar-refractivity contribution in [2.24, 2.45) is 0 Å². The Morgan fingerprint density at radius 2 is 2.14 bits per heavy atom. The van der Waals surface area contributed by atoms with Crippen LogP contribution in [0.1, 0.15) is 11.6 Å². The van der Waals surface area contributed by atoms with E-state index in [-0.39, 0.29) is 6.04 Å². The lowest BCUT2D eigenvalue weighted by Crippen LogP contribution is -2.27. The summed E-state index contributed by atoms with van der Waals surface area (Å²) in [4.78, 5) is 10.3. The Hall–Kier alpha value is -1.85. The summed E-state index contributed by atoms with van der Waals surface area (Å²) in [5, 5.41) is 3.64. The summed E-state index contributed by atoms with van der Waals surface area (Å²) in [6, 6.07) is 8.23. The van der Waals surface area contributed by atoms with Gasteiger partial charge in [0.2, 0.25) is 0 Å². The molecule has 1 N–H and O–H groups in total. The van der Waals surface area contributed by atoms with Gasteiger partial charge in [0.05, 0.1) is 25.5 Å². The first-order chi connectivity index (χ1) is 10.1. The molecule has 0 radical (unpaired) electrons. The first kappa shape index (κ1) is 15.5. The summed E-state index contributed by atoms with van der Waals surface area (Å²) >= 11 is 5.84. The second-order valence-corrected chi connectivity index (χ2v) is 5.25. The minimum atomic E-state index is 0.181. The van der Waals surface area contributed by atoms with Gasteiger partial charge in [0.15, 0.2) is 0 Å². The zero-order chi connectivity index (χ0) is 15.2. The Kier molecular flexibility index (Phi) is 5.36. The number of halogens is 1. The zero-order valence-corrected chi connectivity index (χ0v) is 13.1. The van der Waals surface area contributed by atoms with Crippen molar-refractivity contribution in [2.75, 3.05) is 33.1 Å².